The average molecular weight is 425 g/mol. The lowest BCUT2D eigenvalue weighted by Crippen LogP contribution is -2.50. The highest BCUT2D eigenvalue weighted by molar-refractivity contribution is 5.88. The van der Waals surface area contributed by atoms with Crippen molar-refractivity contribution in [2.24, 2.45) is 0 Å². The van der Waals surface area contributed by atoms with Gasteiger partial charge in [-0.1, -0.05) is 43.2 Å². The molecule has 0 bridgehead atoms. The average Bonchev–Trinajstić information content (AvgIpc) is 3.29. The second-order valence-corrected chi connectivity index (χ2v) is 8.09. The number of hydrogen-bond donors (Lipinski definition) is 1. The molecule has 1 fully saturated rings. The minimum Gasteiger partial charge on any atom is -0.497 e. The highest BCUT2D eigenvalue weighted by Crippen LogP contribution is 2.20. The van der Waals surface area contributed by atoms with Gasteiger partial charge in [0.05, 0.1) is 7.11 Å². The van der Waals surface area contributed by atoms with Crippen LogP contribution in [0.4, 0.5) is 0 Å². The van der Waals surface area contributed by atoms with Crippen molar-refractivity contribution in [3.05, 3.63) is 59.7 Å². The molecule has 2 aromatic rings. The SMILES string of the molecule is COc1ccc(CN(C(=O)COc2ccccc2C)[C@@H](C)C(=O)NC2CCCC2)cc1. The first-order valence-corrected chi connectivity index (χ1v) is 10.9. The van der Waals surface area contributed by atoms with E-state index in [1.807, 2.05) is 55.5 Å². The fraction of sp³-hybridized carbons (Fsp3) is 0.440. The summed E-state index contributed by atoms with van der Waals surface area (Å²) in [6.45, 7) is 3.91. The number of benzene rings is 2. The number of nitrogens with zero attached hydrogens (tertiary/aromatic N) is 1. The van der Waals surface area contributed by atoms with Gasteiger partial charge in [-0.05, 0) is 56.0 Å². The summed E-state index contributed by atoms with van der Waals surface area (Å²) < 4.78 is 11.0. The molecule has 1 aliphatic carbocycles. The molecular weight excluding hydrogens is 392 g/mol. The van der Waals surface area contributed by atoms with Gasteiger partial charge in [0.1, 0.15) is 17.5 Å². The van der Waals surface area contributed by atoms with Crippen LogP contribution in [0.25, 0.3) is 0 Å². The molecule has 0 aliphatic heterocycles. The van der Waals surface area contributed by atoms with Crippen LogP contribution in [0.2, 0.25) is 0 Å². The Hall–Kier alpha value is -3.02. The summed E-state index contributed by atoms with van der Waals surface area (Å²) in [6.07, 6.45) is 4.28. The third kappa shape index (κ3) is 6.23. The predicted octanol–water partition coefficient (Wildman–Crippen LogP) is 3.86. The van der Waals surface area contributed by atoms with Gasteiger partial charge in [-0.2, -0.15) is 0 Å². The Balaban J connectivity index is 1.72. The molecule has 31 heavy (non-hydrogen) atoms. The number of carbonyl (C=O) groups is 2. The molecule has 0 spiro atoms. The van der Waals surface area contributed by atoms with Crippen molar-refractivity contribution >= 4 is 11.8 Å². The van der Waals surface area contributed by atoms with Gasteiger partial charge in [0.15, 0.2) is 6.61 Å². The number of hydrogen-bond acceptors (Lipinski definition) is 4. The van der Waals surface area contributed by atoms with Gasteiger partial charge < -0.3 is 19.7 Å². The van der Waals surface area contributed by atoms with E-state index in [2.05, 4.69) is 5.32 Å². The number of amides is 2. The number of nitrogens with one attached hydrogen (secondary N) is 1. The van der Waals surface area contributed by atoms with E-state index >= 15 is 0 Å². The maximum Gasteiger partial charge on any atom is 0.261 e. The summed E-state index contributed by atoms with van der Waals surface area (Å²) in [6, 6.07) is 14.7. The van der Waals surface area contributed by atoms with Gasteiger partial charge in [0, 0.05) is 12.6 Å². The molecule has 166 valence electrons. The highest BCUT2D eigenvalue weighted by atomic mass is 16.5. The first kappa shape index (κ1) is 22.7. The van der Waals surface area contributed by atoms with E-state index in [9.17, 15) is 9.59 Å². The Morgan fingerprint density at radius 2 is 1.77 bits per heavy atom. The summed E-state index contributed by atoms with van der Waals surface area (Å²) in [5.41, 5.74) is 1.88. The van der Waals surface area contributed by atoms with Crippen LogP contribution < -0.4 is 14.8 Å². The highest BCUT2D eigenvalue weighted by Gasteiger charge is 2.28. The lowest BCUT2D eigenvalue weighted by atomic mass is 10.1. The molecule has 1 aliphatic rings. The first-order chi connectivity index (χ1) is 15.0. The number of methoxy groups -OCH3 is 1. The zero-order chi connectivity index (χ0) is 22.2. The summed E-state index contributed by atoms with van der Waals surface area (Å²) in [5, 5.41) is 3.11. The zero-order valence-electron chi connectivity index (χ0n) is 18.6. The van der Waals surface area contributed by atoms with Crippen molar-refractivity contribution in [3.8, 4) is 11.5 Å². The predicted molar refractivity (Wildman–Crippen MR) is 120 cm³/mol. The van der Waals surface area contributed by atoms with Crippen LogP contribution in [0.1, 0.15) is 43.7 Å². The van der Waals surface area contributed by atoms with Crippen molar-refractivity contribution in [1.82, 2.24) is 10.2 Å². The lowest BCUT2D eigenvalue weighted by molar-refractivity contribution is -0.142. The smallest absolute Gasteiger partial charge is 0.261 e. The molecule has 6 heteroatoms. The van der Waals surface area contributed by atoms with E-state index in [0.29, 0.717) is 12.3 Å². The fourth-order valence-electron chi connectivity index (χ4n) is 3.84. The van der Waals surface area contributed by atoms with E-state index < -0.39 is 6.04 Å². The van der Waals surface area contributed by atoms with Crippen LogP contribution in [-0.4, -0.2) is 42.5 Å². The van der Waals surface area contributed by atoms with Gasteiger partial charge >= 0.3 is 0 Å². The zero-order valence-corrected chi connectivity index (χ0v) is 18.6. The molecule has 1 N–H and O–H groups in total. The second-order valence-electron chi connectivity index (χ2n) is 8.09. The van der Waals surface area contributed by atoms with Crippen molar-refractivity contribution in [2.45, 2.75) is 58.2 Å². The third-order valence-corrected chi connectivity index (χ3v) is 5.83. The van der Waals surface area contributed by atoms with Crippen molar-refractivity contribution in [1.29, 1.82) is 0 Å². The molecule has 0 saturated heterocycles. The molecule has 0 aromatic heterocycles. The standard InChI is InChI=1S/C25H32N2O4/c1-18-8-4-7-11-23(18)31-17-24(28)27(16-20-12-14-22(30-3)15-13-20)19(2)25(29)26-21-9-5-6-10-21/h4,7-8,11-15,19,21H,5-6,9-10,16-17H2,1-3H3,(H,26,29)/t19-/m0/s1. The fourth-order valence-corrected chi connectivity index (χ4v) is 3.84. The van der Waals surface area contributed by atoms with Crippen LogP contribution >= 0.6 is 0 Å². The number of ether oxygens (including phenoxy) is 2. The second kappa shape index (κ2) is 10.8. The van der Waals surface area contributed by atoms with E-state index in [4.69, 9.17) is 9.47 Å². The van der Waals surface area contributed by atoms with Crippen molar-refractivity contribution in [3.63, 3.8) is 0 Å². The molecule has 1 atom stereocenters. The Morgan fingerprint density at radius 3 is 2.42 bits per heavy atom. The summed E-state index contributed by atoms with van der Waals surface area (Å²) in [5.74, 6) is 1.07. The molecular formula is C25H32N2O4. The van der Waals surface area contributed by atoms with Gasteiger partial charge in [0.2, 0.25) is 5.91 Å². The molecule has 0 radical (unpaired) electrons. The van der Waals surface area contributed by atoms with Gasteiger partial charge in [0.25, 0.3) is 5.91 Å². The summed E-state index contributed by atoms with van der Waals surface area (Å²) in [7, 11) is 1.61. The third-order valence-electron chi connectivity index (χ3n) is 5.83. The maximum atomic E-state index is 13.1. The number of rotatable bonds is 9. The normalized spacial score (nSPS) is 14.7. The van der Waals surface area contributed by atoms with E-state index in [1.165, 1.54) is 0 Å². The molecule has 6 nitrogen and oxygen atoms in total. The Labute approximate surface area is 184 Å². The topological polar surface area (TPSA) is 67.9 Å². The summed E-state index contributed by atoms with van der Waals surface area (Å²) in [4.78, 5) is 27.6. The summed E-state index contributed by atoms with van der Waals surface area (Å²) >= 11 is 0. The quantitative estimate of drug-likeness (QED) is 0.664. The molecule has 0 heterocycles. The maximum absolute atomic E-state index is 13.1. The van der Waals surface area contributed by atoms with E-state index in [-0.39, 0.29) is 24.5 Å². The Kier molecular flexibility index (Phi) is 7.93. The molecule has 2 aromatic carbocycles. The largest absolute Gasteiger partial charge is 0.497 e. The van der Waals surface area contributed by atoms with E-state index in [0.717, 1.165) is 42.6 Å². The van der Waals surface area contributed by atoms with Gasteiger partial charge in [-0.25, -0.2) is 0 Å². The van der Waals surface area contributed by atoms with Crippen LogP contribution in [0.3, 0.4) is 0 Å². The Bertz CT molecular complexity index is 875. The van der Waals surface area contributed by atoms with Crippen molar-refractivity contribution < 1.29 is 19.1 Å². The number of carbonyl (C=O) groups excluding carboxylic acids is 2. The van der Waals surface area contributed by atoms with Crippen LogP contribution in [0.5, 0.6) is 11.5 Å². The van der Waals surface area contributed by atoms with E-state index in [1.54, 1.807) is 18.9 Å². The van der Waals surface area contributed by atoms with Crippen LogP contribution in [0.15, 0.2) is 48.5 Å². The molecule has 0 unspecified atom stereocenters. The number of aryl methyl sites for hydroxylation is 1. The molecule has 1 saturated carbocycles. The Morgan fingerprint density at radius 1 is 1.10 bits per heavy atom. The monoisotopic (exact) mass is 424 g/mol. The minimum absolute atomic E-state index is 0.121. The van der Waals surface area contributed by atoms with Crippen molar-refractivity contribution in [2.75, 3.05) is 13.7 Å². The first-order valence-electron chi connectivity index (χ1n) is 10.9. The van der Waals surface area contributed by atoms with Gasteiger partial charge in [-0.3, -0.25) is 9.59 Å². The van der Waals surface area contributed by atoms with Crippen LogP contribution in [0, 0.1) is 6.92 Å². The van der Waals surface area contributed by atoms with Crippen LogP contribution in [-0.2, 0) is 16.1 Å². The minimum atomic E-state index is -0.601. The molecule has 2 amide bonds. The number of para-hydroxylation sites is 1. The molecule has 3 rings (SSSR count). The van der Waals surface area contributed by atoms with Gasteiger partial charge in [-0.15, -0.1) is 0 Å². The lowest BCUT2D eigenvalue weighted by Gasteiger charge is -2.29.